The molecule has 0 saturated carbocycles. The first kappa shape index (κ1) is 25.1. The average Bonchev–Trinajstić information content (AvgIpc) is 2.85. The van der Waals surface area contributed by atoms with Crippen molar-refractivity contribution >= 4 is 0 Å². The third-order valence-corrected chi connectivity index (χ3v) is 5.22. The van der Waals surface area contributed by atoms with E-state index >= 15 is 0 Å². The van der Waals surface area contributed by atoms with Crippen LogP contribution in [-0.4, -0.2) is 34.2 Å². The predicted molar refractivity (Wildman–Crippen MR) is 128 cm³/mol. The lowest BCUT2D eigenvalue weighted by atomic mass is 9.92. The number of hydrogen-bond donors (Lipinski definition) is 1. The highest BCUT2D eigenvalue weighted by Crippen LogP contribution is 2.49. The van der Waals surface area contributed by atoms with Crippen molar-refractivity contribution < 1.29 is 14.6 Å². The summed E-state index contributed by atoms with van der Waals surface area (Å²) in [5, 5.41) is 21.0. The van der Waals surface area contributed by atoms with Crippen molar-refractivity contribution in [3.8, 4) is 28.4 Å². The normalized spacial score (nSPS) is 10.2. The lowest BCUT2D eigenvalue weighted by Crippen LogP contribution is -2.06. The van der Waals surface area contributed by atoms with E-state index in [2.05, 4.69) is 36.2 Å². The second kappa shape index (κ2) is 14.0. The predicted octanol–water partition coefficient (Wildman–Crippen LogP) is 6.02. The minimum Gasteiger partial charge on any atom is -0.504 e. The van der Waals surface area contributed by atoms with Crippen LogP contribution in [-0.2, 0) is 12.8 Å². The molecule has 2 aromatic carbocycles. The molecule has 1 heterocycles. The number of benzene rings is 2. The molecule has 32 heavy (non-hydrogen) atoms. The van der Waals surface area contributed by atoms with Crippen LogP contribution >= 0.6 is 0 Å². The fourth-order valence-electron chi connectivity index (χ4n) is 3.68. The van der Waals surface area contributed by atoms with Crippen LogP contribution in [0.25, 0.3) is 11.1 Å². The number of nitrogens with zero attached hydrogens (tertiary/aromatic N) is 3. The van der Waals surface area contributed by atoms with E-state index in [1.54, 1.807) is 25.6 Å². The molecule has 0 fully saturated rings. The maximum Gasteiger partial charge on any atom is 0.172 e. The van der Waals surface area contributed by atoms with Gasteiger partial charge in [0.25, 0.3) is 0 Å². The zero-order valence-electron chi connectivity index (χ0n) is 19.7. The van der Waals surface area contributed by atoms with E-state index < -0.39 is 0 Å². The van der Waals surface area contributed by atoms with Crippen LogP contribution in [0.5, 0.6) is 17.2 Å². The second-order valence-corrected chi connectivity index (χ2v) is 7.34. The molecule has 0 aliphatic carbocycles. The van der Waals surface area contributed by atoms with Gasteiger partial charge in [-0.2, -0.15) is 0 Å². The van der Waals surface area contributed by atoms with Gasteiger partial charge in [0.05, 0.1) is 31.7 Å². The van der Waals surface area contributed by atoms with Gasteiger partial charge in [-0.05, 0) is 36.1 Å². The highest BCUT2D eigenvalue weighted by molar-refractivity contribution is 5.83. The fourth-order valence-corrected chi connectivity index (χ4v) is 3.68. The van der Waals surface area contributed by atoms with Crippen LogP contribution in [0.4, 0.5) is 0 Å². The Morgan fingerprint density at radius 2 is 1.50 bits per heavy atom. The van der Waals surface area contributed by atoms with Gasteiger partial charge in [0, 0.05) is 11.1 Å². The molecule has 0 saturated heterocycles. The molecule has 0 aliphatic heterocycles. The molecule has 0 aliphatic rings. The van der Waals surface area contributed by atoms with E-state index in [9.17, 15) is 5.11 Å². The monoisotopic (exact) mass is 437 g/mol. The number of hydrogen-bond acceptors (Lipinski definition) is 6. The Morgan fingerprint density at radius 3 is 2.00 bits per heavy atom. The number of aromatic hydroxyl groups is 1. The van der Waals surface area contributed by atoms with Crippen molar-refractivity contribution in [3.63, 3.8) is 0 Å². The summed E-state index contributed by atoms with van der Waals surface area (Å²) in [6, 6.07) is 11.8. The molecule has 3 rings (SSSR count). The fraction of sp³-hybridized carbons (Fsp3) is 0.423. The number of rotatable bonds is 10. The Morgan fingerprint density at radius 1 is 0.812 bits per heavy atom. The van der Waals surface area contributed by atoms with Crippen molar-refractivity contribution in [1.29, 1.82) is 0 Å². The molecule has 0 atom stereocenters. The number of phenols is 1. The van der Waals surface area contributed by atoms with Crippen LogP contribution in [0.3, 0.4) is 0 Å². The lowest BCUT2D eigenvalue weighted by Gasteiger charge is -2.23. The first-order valence-electron chi connectivity index (χ1n) is 11.4. The molecule has 6 nitrogen and oxygen atoms in total. The third kappa shape index (κ3) is 6.67. The summed E-state index contributed by atoms with van der Waals surface area (Å²) in [5.41, 5.74) is 3.86. The minimum atomic E-state index is 0.240. The topological polar surface area (TPSA) is 77.4 Å². The highest BCUT2D eigenvalue weighted by Gasteiger charge is 2.25. The minimum absolute atomic E-state index is 0.240. The van der Waals surface area contributed by atoms with Gasteiger partial charge in [-0.25, -0.2) is 0 Å². The zero-order valence-corrected chi connectivity index (χ0v) is 19.7. The molecule has 6 heteroatoms. The van der Waals surface area contributed by atoms with Gasteiger partial charge in [-0.15, -0.1) is 10.2 Å². The summed E-state index contributed by atoms with van der Waals surface area (Å²) in [7, 11) is 1.61. The molecule has 1 N–H and O–H groups in total. The van der Waals surface area contributed by atoms with E-state index in [0.717, 1.165) is 47.3 Å². The molecule has 0 amide bonds. The smallest absolute Gasteiger partial charge is 0.172 e. The van der Waals surface area contributed by atoms with Gasteiger partial charge in [0.1, 0.15) is 5.75 Å². The molecule has 0 spiro atoms. The largest absolute Gasteiger partial charge is 0.504 e. The zero-order chi connectivity index (χ0) is 23.2. The van der Waals surface area contributed by atoms with Crippen LogP contribution in [0.1, 0.15) is 57.6 Å². The number of unbranched alkanes of at least 4 members (excludes halogenated alkanes) is 3. The molecule has 3 aromatic rings. The Labute approximate surface area is 191 Å². The second-order valence-electron chi connectivity index (χ2n) is 7.34. The molecule has 0 radical (unpaired) electrons. The lowest BCUT2D eigenvalue weighted by molar-refractivity contribution is 0.298. The van der Waals surface area contributed by atoms with Gasteiger partial charge in [-0.1, -0.05) is 70.4 Å². The Balaban J connectivity index is 0.000000520. The van der Waals surface area contributed by atoms with E-state index in [1.165, 1.54) is 19.3 Å². The molecular weight excluding hydrogens is 402 g/mol. The molecule has 0 bridgehead atoms. The standard InChI is InChI=1S/C23H32O3.C3H3N3/c1-5-8-9-13-16-26-22-19(7-3)18(6-2)21(24)23(25-4)20(22)17-14-11-10-12-15-17;1-2-4-6-5-3-1/h10-12,14-15,24H,5-9,13,16H2,1-4H3;1-3H. The van der Waals surface area contributed by atoms with Crippen LogP contribution in [0.15, 0.2) is 48.8 Å². The van der Waals surface area contributed by atoms with E-state index in [4.69, 9.17) is 9.47 Å². The average molecular weight is 438 g/mol. The maximum atomic E-state index is 10.8. The van der Waals surface area contributed by atoms with Crippen molar-refractivity contribution in [3.05, 3.63) is 59.9 Å². The maximum absolute atomic E-state index is 10.8. The van der Waals surface area contributed by atoms with Gasteiger partial charge in [0.15, 0.2) is 11.5 Å². The molecule has 0 unspecified atom stereocenters. The first-order valence-corrected chi connectivity index (χ1v) is 11.4. The number of phenolic OH excluding ortho intramolecular Hbond substituents is 1. The van der Waals surface area contributed by atoms with Crippen molar-refractivity contribution in [2.24, 2.45) is 0 Å². The van der Waals surface area contributed by atoms with E-state index in [1.807, 2.05) is 30.3 Å². The van der Waals surface area contributed by atoms with Crippen LogP contribution < -0.4 is 9.47 Å². The van der Waals surface area contributed by atoms with Gasteiger partial charge in [0.2, 0.25) is 0 Å². The van der Waals surface area contributed by atoms with Crippen molar-refractivity contribution in [1.82, 2.24) is 15.4 Å². The quantitative estimate of drug-likeness (QED) is 0.391. The molecular formula is C26H35N3O3. The van der Waals surface area contributed by atoms with Crippen molar-refractivity contribution in [2.45, 2.75) is 59.3 Å². The third-order valence-electron chi connectivity index (χ3n) is 5.22. The first-order chi connectivity index (χ1) is 15.7. The Kier molecular flexibility index (Phi) is 11.0. The van der Waals surface area contributed by atoms with Gasteiger partial charge < -0.3 is 14.6 Å². The Bertz CT molecular complexity index is 892. The summed E-state index contributed by atoms with van der Waals surface area (Å²) in [4.78, 5) is 0. The highest BCUT2D eigenvalue weighted by atomic mass is 16.5. The number of aromatic nitrogens is 3. The number of ether oxygens (including phenoxy) is 2. The summed E-state index contributed by atoms with van der Waals surface area (Å²) in [6.07, 6.45) is 9.36. The Hall–Kier alpha value is -3.15. The van der Waals surface area contributed by atoms with Crippen molar-refractivity contribution in [2.75, 3.05) is 13.7 Å². The molecule has 1 aromatic heterocycles. The van der Waals surface area contributed by atoms with Gasteiger partial charge in [-0.3, -0.25) is 0 Å². The van der Waals surface area contributed by atoms with Gasteiger partial charge >= 0.3 is 0 Å². The van der Waals surface area contributed by atoms with E-state index in [-0.39, 0.29) is 5.75 Å². The SMILES string of the molecule is CCCCCCOc1c(CC)c(CC)c(O)c(OC)c1-c1ccccc1.c1cnnnc1. The van der Waals surface area contributed by atoms with E-state index in [0.29, 0.717) is 12.4 Å². The summed E-state index contributed by atoms with van der Waals surface area (Å²) in [6.45, 7) is 7.06. The van der Waals surface area contributed by atoms with Crippen LogP contribution in [0, 0.1) is 0 Å². The summed E-state index contributed by atoms with van der Waals surface area (Å²) >= 11 is 0. The van der Waals surface area contributed by atoms with Crippen LogP contribution in [0.2, 0.25) is 0 Å². The number of methoxy groups -OCH3 is 1. The molecule has 172 valence electrons. The summed E-state index contributed by atoms with van der Waals surface area (Å²) in [5.74, 6) is 1.61. The summed E-state index contributed by atoms with van der Waals surface area (Å²) < 4.78 is 11.9.